The fourth-order valence-corrected chi connectivity index (χ4v) is 4.14. The van der Waals surface area contributed by atoms with Crippen molar-refractivity contribution in [3.8, 4) is 28.4 Å². The zero-order valence-corrected chi connectivity index (χ0v) is 21.4. The van der Waals surface area contributed by atoms with Gasteiger partial charge in [0.15, 0.2) is 0 Å². The molecule has 0 saturated carbocycles. The first kappa shape index (κ1) is 24.8. The molecule has 3 aromatic carbocycles. The van der Waals surface area contributed by atoms with Crippen LogP contribution in [0.15, 0.2) is 84.1 Å². The topological polar surface area (TPSA) is 95.2 Å². The summed E-state index contributed by atoms with van der Waals surface area (Å²) in [5.41, 5.74) is 4.54. The van der Waals surface area contributed by atoms with Crippen LogP contribution in [-0.2, 0) is 14.3 Å². The summed E-state index contributed by atoms with van der Waals surface area (Å²) < 4.78 is 18.7. The molecule has 0 aliphatic carbocycles. The number of methoxy groups -OCH3 is 1. The highest BCUT2D eigenvalue weighted by Gasteiger charge is 2.37. The number of hydrogen-bond acceptors (Lipinski definition) is 7. The molecule has 0 bridgehead atoms. The van der Waals surface area contributed by atoms with Crippen molar-refractivity contribution in [2.45, 2.75) is 27.0 Å². The summed E-state index contributed by atoms with van der Waals surface area (Å²) in [5, 5.41) is 10.6. The van der Waals surface area contributed by atoms with Gasteiger partial charge in [-0.15, -0.1) is 5.10 Å². The number of hydrogen-bond donors (Lipinski definition) is 0. The molecule has 1 unspecified atom stereocenters. The van der Waals surface area contributed by atoms with Crippen molar-refractivity contribution in [2.75, 3.05) is 7.11 Å². The molecule has 0 N–H and O–H groups in total. The van der Waals surface area contributed by atoms with Gasteiger partial charge in [-0.1, -0.05) is 48.0 Å². The van der Waals surface area contributed by atoms with E-state index in [0.717, 1.165) is 16.8 Å². The number of carbonyl (C=O) groups excluding carboxylic acids is 2. The minimum absolute atomic E-state index is 0.131. The van der Waals surface area contributed by atoms with Crippen LogP contribution < -0.4 is 9.47 Å². The third-order valence-corrected chi connectivity index (χ3v) is 5.99. The van der Waals surface area contributed by atoms with E-state index in [0.29, 0.717) is 22.6 Å². The van der Waals surface area contributed by atoms with Crippen molar-refractivity contribution in [1.29, 1.82) is 0 Å². The van der Waals surface area contributed by atoms with Gasteiger partial charge in [0.1, 0.15) is 17.2 Å². The van der Waals surface area contributed by atoms with Crippen LogP contribution in [-0.4, -0.2) is 39.7 Å². The minimum atomic E-state index is -0.899. The lowest BCUT2D eigenvalue weighted by molar-refractivity contribution is -0.135. The van der Waals surface area contributed by atoms with Gasteiger partial charge >= 0.3 is 5.97 Å². The van der Waals surface area contributed by atoms with Crippen molar-refractivity contribution in [2.24, 2.45) is 5.10 Å². The molecule has 1 aliphatic rings. The third-order valence-electron chi connectivity index (χ3n) is 5.99. The number of benzene rings is 3. The number of esters is 1. The zero-order valence-electron chi connectivity index (χ0n) is 21.4. The summed E-state index contributed by atoms with van der Waals surface area (Å²) in [6.45, 7) is 4.73. The first-order valence-electron chi connectivity index (χ1n) is 12.0. The van der Waals surface area contributed by atoms with Crippen molar-refractivity contribution >= 4 is 17.8 Å². The van der Waals surface area contributed by atoms with Crippen molar-refractivity contribution in [3.05, 3.63) is 95.7 Å². The zero-order chi connectivity index (χ0) is 26.8. The quantitative estimate of drug-likeness (QED) is 0.267. The second-order valence-corrected chi connectivity index (χ2v) is 8.77. The fourth-order valence-electron chi connectivity index (χ4n) is 4.14. The Morgan fingerprint density at radius 2 is 1.71 bits per heavy atom. The first-order chi connectivity index (χ1) is 18.3. The summed E-state index contributed by atoms with van der Waals surface area (Å²) in [7, 11) is 1.51. The molecule has 0 spiro atoms. The lowest BCUT2D eigenvalue weighted by Crippen LogP contribution is -2.25. The maximum absolute atomic E-state index is 12.7. The summed E-state index contributed by atoms with van der Waals surface area (Å²) in [5.74, 6) is -0.00184. The van der Waals surface area contributed by atoms with E-state index < -0.39 is 12.2 Å². The molecule has 38 heavy (non-hydrogen) atoms. The van der Waals surface area contributed by atoms with Gasteiger partial charge in [-0.25, -0.2) is 4.68 Å². The molecule has 2 heterocycles. The Balaban J connectivity index is 1.61. The lowest BCUT2D eigenvalue weighted by Gasteiger charge is -2.19. The Kier molecular flexibility index (Phi) is 6.66. The standard InChI is InChI=1S/C29H26N4O5/c1-18-10-12-21(13-11-18)27-25(17-32(30-27)22-8-6-5-7-9-22)29-33(19(2)34)31-28(38-29)24-15-14-23(36-4)16-26(24)37-20(3)35/h5-17,29H,1-4H3. The Bertz CT molecular complexity index is 1530. The summed E-state index contributed by atoms with van der Waals surface area (Å²) in [6.07, 6.45) is 0.938. The summed E-state index contributed by atoms with van der Waals surface area (Å²) in [6, 6.07) is 22.6. The average Bonchev–Trinajstić information content (AvgIpc) is 3.54. The van der Waals surface area contributed by atoms with Crippen LogP contribution in [0.25, 0.3) is 16.9 Å². The van der Waals surface area contributed by atoms with E-state index in [1.54, 1.807) is 22.9 Å². The van der Waals surface area contributed by atoms with Crippen LogP contribution in [0.3, 0.4) is 0 Å². The van der Waals surface area contributed by atoms with E-state index in [4.69, 9.17) is 19.3 Å². The third kappa shape index (κ3) is 4.86. The molecule has 1 aliphatic heterocycles. The average molecular weight is 511 g/mol. The molecule has 9 nitrogen and oxygen atoms in total. The predicted molar refractivity (Wildman–Crippen MR) is 141 cm³/mol. The fraction of sp³-hybridized carbons (Fsp3) is 0.172. The predicted octanol–water partition coefficient (Wildman–Crippen LogP) is 5.02. The number of carbonyl (C=O) groups is 2. The number of ether oxygens (including phenoxy) is 3. The van der Waals surface area contributed by atoms with Crippen LogP contribution >= 0.6 is 0 Å². The van der Waals surface area contributed by atoms with E-state index in [9.17, 15) is 9.59 Å². The number of aromatic nitrogens is 2. The minimum Gasteiger partial charge on any atom is -0.497 e. The Morgan fingerprint density at radius 3 is 2.37 bits per heavy atom. The molecule has 192 valence electrons. The van der Waals surface area contributed by atoms with Gasteiger partial charge in [0.25, 0.3) is 0 Å². The molecule has 9 heteroatoms. The van der Waals surface area contributed by atoms with Crippen molar-refractivity contribution < 1.29 is 23.8 Å². The Labute approximate surface area is 219 Å². The van der Waals surface area contributed by atoms with E-state index >= 15 is 0 Å². The molecule has 0 radical (unpaired) electrons. The van der Waals surface area contributed by atoms with Crippen molar-refractivity contribution in [1.82, 2.24) is 14.8 Å². The van der Waals surface area contributed by atoms with Crippen LogP contribution in [0.5, 0.6) is 11.5 Å². The number of aryl methyl sites for hydroxylation is 1. The molecule has 1 aromatic heterocycles. The molecule has 5 rings (SSSR count). The largest absolute Gasteiger partial charge is 0.497 e. The van der Waals surface area contributed by atoms with Gasteiger partial charge < -0.3 is 14.2 Å². The van der Waals surface area contributed by atoms with Gasteiger partial charge in [-0.2, -0.15) is 10.1 Å². The van der Waals surface area contributed by atoms with Crippen LogP contribution in [0.4, 0.5) is 0 Å². The van der Waals surface area contributed by atoms with E-state index in [2.05, 4.69) is 5.10 Å². The maximum Gasteiger partial charge on any atom is 0.308 e. The Morgan fingerprint density at radius 1 is 0.974 bits per heavy atom. The van der Waals surface area contributed by atoms with Gasteiger partial charge in [0.05, 0.1) is 23.9 Å². The summed E-state index contributed by atoms with van der Waals surface area (Å²) >= 11 is 0. The SMILES string of the molecule is COc1ccc(C2=NN(C(C)=O)C(c3cn(-c4ccccc4)nc3-c3ccc(C)cc3)O2)c(OC(C)=O)c1. The molecule has 4 aromatic rings. The highest BCUT2D eigenvalue weighted by atomic mass is 16.5. The summed E-state index contributed by atoms with van der Waals surface area (Å²) in [4.78, 5) is 24.5. The maximum atomic E-state index is 12.7. The van der Waals surface area contributed by atoms with E-state index in [1.807, 2.05) is 67.7 Å². The number of amides is 1. The number of hydrazone groups is 1. The number of rotatable bonds is 6. The van der Waals surface area contributed by atoms with Crippen LogP contribution in [0, 0.1) is 6.92 Å². The van der Waals surface area contributed by atoms with Gasteiger partial charge in [0.2, 0.25) is 18.0 Å². The second-order valence-electron chi connectivity index (χ2n) is 8.77. The molecular weight excluding hydrogens is 484 g/mol. The molecule has 0 saturated heterocycles. The van der Waals surface area contributed by atoms with Crippen LogP contribution in [0.2, 0.25) is 0 Å². The molecule has 0 fully saturated rings. The molecule has 1 atom stereocenters. The highest BCUT2D eigenvalue weighted by Crippen LogP contribution is 2.38. The van der Waals surface area contributed by atoms with Crippen molar-refractivity contribution in [3.63, 3.8) is 0 Å². The van der Waals surface area contributed by atoms with Gasteiger partial charge in [0, 0.05) is 31.7 Å². The lowest BCUT2D eigenvalue weighted by atomic mass is 10.1. The van der Waals surface area contributed by atoms with E-state index in [1.165, 1.54) is 26.0 Å². The van der Waals surface area contributed by atoms with E-state index in [-0.39, 0.29) is 17.6 Å². The normalized spacial score (nSPS) is 14.6. The molecule has 1 amide bonds. The highest BCUT2D eigenvalue weighted by molar-refractivity contribution is 5.99. The smallest absolute Gasteiger partial charge is 0.308 e. The number of nitrogens with zero attached hydrogens (tertiary/aromatic N) is 4. The monoisotopic (exact) mass is 510 g/mol. The van der Waals surface area contributed by atoms with Crippen LogP contribution in [0.1, 0.15) is 36.8 Å². The van der Waals surface area contributed by atoms with Gasteiger partial charge in [-0.3, -0.25) is 9.59 Å². The first-order valence-corrected chi connectivity index (χ1v) is 12.0. The second kappa shape index (κ2) is 10.2. The number of para-hydroxylation sites is 1. The molecular formula is C29H26N4O5. The Hall–Kier alpha value is -4.92. The van der Waals surface area contributed by atoms with Gasteiger partial charge in [-0.05, 0) is 31.2 Å².